The maximum Gasteiger partial charge on any atom is 0.233 e. The number of amides is 1. The molecule has 2 aliphatic rings. The molecule has 5 heteroatoms. The van der Waals surface area contributed by atoms with E-state index in [1.807, 2.05) is 0 Å². The molecular formula is C12H21N3O2. The number of carbonyl (C=O) groups excluding carboxylic acids is 1. The first-order valence-electron chi connectivity index (χ1n) is 6.26. The number of carbonyl (C=O) groups is 1. The summed E-state index contributed by atoms with van der Waals surface area (Å²) in [4.78, 5) is 12.1. The van der Waals surface area contributed by atoms with Gasteiger partial charge in [0.05, 0.1) is 0 Å². The number of oxime groups is 1. The Labute approximate surface area is 101 Å². The molecule has 0 spiro atoms. The van der Waals surface area contributed by atoms with Crippen molar-refractivity contribution in [2.24, 2.45) is 34.1 Å². The van der Waals surface area contributed by atoms with Crippen LogP contribution in [0.1, 0.15) is 33.1 Å². The average Bonchev–Trinajstić information content (AvgIpc) is 2.96. The molecule has 1 amide bonds. The van der Waals surface area contributed by atoms with Crippen molar-refractivity contribution in [1.82, 2.24) is 5.32 Å². The highest BCUT2D eigenvalue weighted by Crippen LogP contribution is 2.46. The second-order valence-electron chi connectivity index (χ2n) is 5.76. The molecule has 2 aliphatic carbocycles. The van der Waals surface area contributed by atoms with Crippen LogP contribution in [0.2, 0.25) is 0 Å². The van der Waals surface area contributed by atoms with E-state index in [0.717, 1.165) is 12.5 Å². The Morgan fingerprint density at radius 1 is 1.53 bits per heavy atom. The van der Waals surface area contributed by atoms with Crippen molar-refractivity contribution in [3.8, 4) is 0 Å². The fraction of sp³-hybridized carbons (Fsp3) is 0.833. The number of nitrogens with one attached hydrogen (secondary N) is 1. The number of hydrogen-bond acceptors (Lipinski definition) is 3. The van der Waals surface area contributed by atoms with Gasteiger partial charge in [-0.2, -0.15) is 0 Å². The van der Waals surface area contributed by atoms with Crippen molar-refractivity contribution in [2.75, 3.05) is 6.54 Å². The predicted molar refractivity (Wildman–Crippen MR) is 64.5 cm³/mol. The smallest absolute Gasteiger partial charge is 0.233 e. The molecule has 0 aromatic carbocycles. The Morgan fingerprint density at radius 2 is 2.12 bits per heavy atom. The van der Waals surface area contributed by atoms with Gasteiger partial charge >= 0.3 is 0 Å². The highest BCUT2D eigenvalue weighted by Gasteiger charge is 2.52. The lowest BCUT2D eigenvalue weighted by molar-refractivity contribution is -0.133. The third-order valence-electron chi connectivity index (χ3n) is 4.23. The molecule has 0 radical (unpaired) electrons. The van der Waals surface area contributed by atoms with Gasteiger partial charge < -0.3 is 16.3 Å². The van der Waals surface area contributed by atoms with Crippen LogP contribution >= 0.6 is 0 Å². The summed E-state index contributed by atoms with van der Waals surface area (Å²) in [5.74, 6) is 1.76. The van der Waals surface area contributed by atoms with Gasteiger partial charge in [-0.1, -0.05) is 19.0 Å². The molecule has 2 rings (SSSR count). The standard InChI is InChI=1S/C12H21N3O2/c1-7-4-12(5-7,10(13)15-17)11(16)14-6-9-3-8(9)2/h7-9,17H,3-6H2,1-2H3,(H2,13,15)(H,14,16). The zero-order valence-corrected chi connectivity index (χ0v) is 10.4. The third-order valence-corrected chi connectivity index (χ3v) is 4.23. The van der Waals surface area contributed by atoms with Gasteiger partial charge in [-0.25, -0.2) is 0 Å². The molecule has 5 nitrogen and oxygen atoms in total. The first-order valence-corrected chi connectivity index (χ1v) is 6.26. The van der Waals surface area contributed by atoms with Crippen LogP contribution in [0, 0.1) is 23.2 Å². The van der Waals surface area contributed by atoms with Gasteiger partial charge in [0, 0.05) is 6.54 Å². The van der Waals surface area contributed by atoms with Crippen LogP contribution in [0.5, 0.6) is 0 Å². The van der Waals surface area contributed by atoms with Crippen LogP contribution in [0.3, 0.4) is 0 Å². The highest BCUT2D eigenvalue weighted by atomic mass is 16.4. The van der Waals surface area contributed by atoms with E-state index in [0.29, 0.717) is 24.7 Å². The molecule has 2 fully saturated rings. The molecule has 0 saturated heterocycles. The second-order valence-corrected chi connectivity index (χ2v) is 5.76. The first kappa shape index (κ1) is 12.2. The monoisotopic (exact) mass is 239 g/mol. The van der Waals surface area contributed by atoms with Crippen LogP contribution in [0.15, 0.2) is 5.16 Å². The second kappa shape index (κ2) is 4.20. The molecule has 0 aromatic rings. The lowest BCUT2D eigenvalue weighted by Gasteiger charge is -2.43. The highest BCUT2D eigenvalue weighted by molar-refractivity contribution is 6.07. The predicted octanol–water partition coefficient (Wildman–Crippen LogP) is 0.921. The van der Waals surface area contributed by atoms with E-state index in [4.69, 9.17) is 10.9 Å². The zero-order valence-electron chi connectivity index (χ0n) is 10.4. The van der Waals surface area contributed by atoms with Crippen molar-refractivity contribution in [1.29, 1.82) is 0 Å². The normalized spacial score (nSPS) is 40.6. The van der Waals surface area contributed by atoms with E-state index >= 15 is 0 Å². The van der Waals surface area contributed by atoms with E-state index in [2.05, 4.69) is 24.3 Å². The maximum atomic E-state index is 12.1. The Bertz CT molecular complexity index is 348. The van der Waals surface area contributed by atoms with Gasteiger partial charge in [-0.15, -0.1) is 0 Å². The molecular weight excluding hydrogens is 218 g/mol. The Kier molecular flexibility index (Phi) is 3.02. The van der Waals surface area contributed by atoms with E-state index in [9.17, 15) is 4.79 Å². The Hall–Kier alpha value is -1.26. The molecule has 4 N–H and O–H groups in total. The zero-order chi connectivity index (χ0) is 12.6. The molecule has 17 heavy (non-hydrogen) atoms. The molecule has 0 aliphatic heterocycles. The summed E-state index contributed by atoms with van der Waals surface area (Å²) in [5.41, 5.74) is 4.91. The van der Waals surface area contributed by atoms with Gasteiger partial charge in [-0.3, -0.25) is 4.79 Å². The molecule has 2 unspecified atom stereocenters. The summed E-state index contributed by atoms with van der Waals surface area (Å²) in [6, 6.07) is 0. The van der Waals surface area contributed by atoms with Crippen LogP contribution in [-0.2, 0) is 4.79 Å². The van der Waals surface area contributed by atoms with Crippen molar-refractivity contribution >= 4 is 11.7 Å². The van der Waals surface area contributed by atoms with Gasteiger partial charge in [0.25, 0.3) is 0 Å². The van der Waals surface area contributed by atoms with Crippen molar-refractivity contribution < 1.29 is 10.0 Å². The number of nitrogens with two attached hydrogens (primary N) is 1. The number of rotatable bonds is 4. The number of amidine groups is 1. The lowest BCUT2D eigenvalue weighted by Crippen LogP contribution is -2.57. The van der Waals surface area contributed by atoms with Crippen LogP contribution in [0.25, 0.3) is 0 Å². The van der Waals surface area contributed by atoms with Crippen molar-refractivity contribution in [3.05, 3.63) is 0 Å². The molecule has 0 bridgehead atoms. The minimum atomic E-state index is -0.758. The summed E-state index contributed by atoms with van der Waals surface area (Å²) in [5, 5.41) is 14.8. The van der Waals surface area contributed by atoms with Gasteiger partial charge in [-0.05, 0) is 37.0 Å². The van der Waals surface area contributed by atoms with Gasteiger partial charge in [0.2, 0.25) is 5.91 Å². The van der Waals surface area contributed by atoms with E-state index in [1.165, 1.54) is 6.42 Å². The fourth-order valence-corrected chi connectivity index (χ4v) is 2.81. The van der Waals surface area contributed by atoms with Crippen LogP contribution in [-0.4, -0.2) is 23.5 Å². The summed E-state index contributed by atoms with van der Waals surface area (Å²) in [7, 11) is 0. The summed E-state index contributed by atoms with van der Waals surface area (Å²) in [6.07, 6.45) is 2.54. The van der Waals surface area contributed by atoms with E-state index in [1.54, 1.807) is 0 Å². The van der Waals surface area contributed by atoms with Crippen molar-refractivity contribution in [2.45, 2.75) is 33.1 Å². The Balaban J connectivity index is 1.94. The first-order chi connectivity index (χ1) is 7.99. The van der Waals surface area contributed by atoms with Crippen LogP contribution in [0.4, 0.5) is 0 Å². The third kappa shape index (κ3) is 2.10. The average molecular weight is 239 g/mol. The molecule has 2 saturated carbocycles. The SMILES string of the molecule is CC1CC(C(=O)NCC2CC2C)(C(N)=NO)C1. The number of hydrogen-bond donors (Lipinski definition) is 3. The summed E-state index contributed by atoms with van der Waals surface area (Å²) in [6.45, 7) is 4.97. The largest absolute Gasteiger partial charge is 0.409 e. The molecule has 0 heterocycles. The quantitative estimate of drug-likeness (QED) is 0.295. The van der Waals surface area contributed by atoms with Gasteiger partial charge in [0.1, 0.15) is 5.41 Å². The van der Waals surface area contributed by atoms with Gasteiger partial charge in [0.15, 0.2) is 5.84 Å². The molecule has 2 atom stereocenters. The van der Waals surface area contributed by atoms with E-state index < -0.39 is 5.41 Å². The Morgan fingerprint density at radius 3 is 2.53 bits per heavy atom. The topological polar surface area (TPSA) is 87.7 Å². The van der Waals surface area contributed by atoms with Crippen LogP contribution < -0.4 is 11.1 Å². The minimum absolute atomic E-state index is 0.0527. The fourth-order valence-electron chi connectivity index (χ4n) is 2.81. The molecule has 96 valence electrons. The minimum Gasteiger partial charge on any atom is -0.409 e. The summed E-state index contributed by atoms with van der Waals surface area (Å²) < 4.78 is 0. The van der Waals surface area contributed by atoms with Crippen molar-refractivity contribution in [3.63, 3.8) is 0 Å². The molecule has 0 aromatic heterocycles. The summed E-state index contributed by atoms with van der Waals surface area (Å²) >= 11 is 0. The lowest BCUT2D eigenvalue weighted by atomic mass is 9.61. The number of nitrogens with zero attached hydrogens (tertiary/aromatic N) is 1. The van der Waals surface area contributed by atoms with E-state index in [-0.39, 0.29) is 11.7 Å². The maximum absolute atomic E-state index is 12.1.